The second-order valence-electron chi connectivity index (χ2n) is 3.88. The molecule has 0 saturated heterocycles. The Hall–Kier alpha value is -0.800. The van der Waals surface area contributed by atoms with Crippen molar-refractivity contribution in [3.05, 3.63) is 24.2 Å². The van der Waals surface area contributed by atoms with Crippen LogP contribution in [0.25, 0.3) is 0 Å². The van der Waals surface area contributed by atoms with Crippen molar-refractivity contribution in [1.82, 2.24) is 5.32 Å². The number of furan rings is 1. The Morgan fingerprint density at radius 2 is 2.29 bits per heavy atom. The molecule has 1 aromatic rings. The molecule has 1 aromatic heterocycles. The first kappa shape index (κ1) is 11.3. The molecule has 0 fully saturated rings. The fourth-order valence-electron chi connectivity index (χ4n) is 1.27. The van der Waals surface area contributed by atoms with E-state index in [1.54, 1.807) is 6.26 Å². The summed E-state index contributed by atoms with van der Waals surface area (Å²) in [6, 6.07) is 4.27. The molecule has 80 valence electrons. The highest BCUT2D eigenvalue weighted by Gasteiger charge is 2.06. The lowest BCUT2D eigenvalue weighted by Crippen LogP contribution is -2.32. The average molecular weight is 197 g/mol. The number of rotatable bonds is 6. The molecule has 3 heteroatoms. The Kier molecular flexibility index (Phi) is 4.70. The normalized spacial score (nSPS) is 15.4. The Bertz CT molecular complexity index is 233. The number of nitrogens with one attached hydrogen (secondary N) is 1. The van der Waals surface area contributed by atoms with Gasteiger partial charge in [-0.25, -0.2) is 0 Å². The van der Waals surface area contributed by atoms with Gasteiger partial charge >= 0.3 is 0 Å². The lowest BCUT2D eigenvalue weighted by molar-refractivity contribution is 0.230. The largest absolute Gasteiger partial charge is 0.469 e. The van der Waals surface area contributed by atoms with Crippen LogP contribution >= 0.6 is 0 Å². The van der Waals surface area contributed by atoms with Crippen LogP contribution in [0.4, 0.5) is 0 Å². The van der Waals surface area contributed by atoms with Crippen molar-refractivity contribution in [3.8, 4) is 0 Å². The molecule has 0 saturated carbocycles. The predicted molar refractivity (Wildman–Crippen MR) is 56.1 cm³/mol. The molecule has 2 N–H and O–H groups in total. The first-order valence-electron chi connectivity index (χ1n) is 5.09. The number of hydrogen-bond donors (Lipinski definition) is 2. The molecule has 0 aliphatic heterocycles. The van der Waals surface area contributed by atoms with E-state index in [0.29, 0.717) is 12.0 Å². The highest BCUT2D eigenvalue weighted by molar-refractivity contribution is 4.99. The van der Waals surface area contributed by atoms with Crippen molar-refractivity contribution in [2.24, 2.45) is 5.92 Å². The van der Waals surface area contributed by atoms with E-state index < -0.39 is 0 Å². The van der Waals surface area contributed by atoms with E-state index in [-0.39, 0.29) is 6.61 Å². The first-order valence-corrected chi connectivity index (χ1v) is 5.09. The molecule has 0 amide bonds. The zero-order chi connectivity index (χ0) is 10.4. The summed E-state index contributed by atoms with van der Waals surface area (Å²) in [4.78, 5) is 0. The molecule has 0 bridgehead atoms. The third-order valence-corrected chi connectivity index (χ3v) is 2.21. The van der Waals surface area contributed by atoms with Crippen molar-refractivity contribution >= 4 is 0 Å². The van der Waals surface area contributed by atoms with E-state index in [9.17, 15) is 0 Å². The van der Waals surface area contributed by atoms with Gasteiger partial charge in [0.05, 0.1) is 6.26 Å². The highest BCUT2D eigenvalue weighted by Crippen LogP contribution is 2.04. The van der Waals surface area contributed by atoms with Crippen molar-refractivity contribution in [3.63, 3.8) is 0 Å². The van der Waals surface area contributed by atoms with E-state index in [2.05, 4.69) is 12.2 Å². The molecule has 0 spiro atoms. The summed E-state index contributed by atoms with van der Waals surface area (Å²) in [5, 5.41) is 12.2. The van der Waals surface area contributed by atoms with E-state index in [0.717, 1.165) is 18.7 Å². The van der Waals surface area contributed by atoms with Crippen LogP contribution in [0.3, 0.4) is 0 Å². The maximum Gasteiger partial charge on any atom is 0.105 e. The second kappa shape index (κ2) is 5.83. The summed E-state index contributed by atoms with van der Waals surface area (Å²) >= 11 is 0. The minimum atomic E-state index is 0.237. The molecule has 0 aliphatic rings. The molecule has 1 heterocycles. The zero-order valence-electron chi connectivity index (χ0n) is 8.86. The molecular formula is C11H19NO2. The van der Waals surface area contributed by atoms with Gasteiger partial charge in [-0.05, 0) is 25.0 Å². The monoisotopic (exact) mass is 197 g/mol. The summed E-state index contributed by atoms with van der Waals surface area (Å²) in [6.07, 6.45) is 2.59. The van der Waals surface area contributed by atoms with E-state index in [1.165, 1.54) is 0 Å². The summed E-state index contributed by atoms with van der Waals surface area (Å²) < 4.78 is 5.25. The van der Waals surface area contributed by atoms with Gasteiger partial charge in [-0.15, -0.1) is 0 Å². The second-order valence-corrected chi connectivity index (χ2v) is 3.88. The molecule has 2 unspecified atom stereocenters. The highest BCUT2D eigenvalue weighted by atomic mass is 16.3. The third-order valence-electron chi connectivity index (χ3n) is 2.21. The maximum atomic E-state index is 8.85. The third kappa shape index (κ3) is 3.94. The molecule has 2 atom stereocenters. The van der Waals surface area contributed by atoms with Crippen LogP contribution in [0, 0.1) is 5.92 Å². The van der Waals surface area contributed by atoms with Crippen molar-refractivity contribution < 1.29 is 9.52 Å². The van der Waals surface area contributed by atoms with Gasteiger partial charge in [0.25, 0.3) is 0 Å². The van der Waals surface area contributed by atoms with Gasteiger partial charge in [0.2, 0.25) is 0 Å². The van der Waals surface area contributed by atoms with Crippen LogP contribution < -0.4 is 5.32 Å². The van der Waals surface area contributed by atoms with Crippen LogP contribution in [0.2, 0.25) is 0 Å². The standard InChI is InChI=1S/C11H19NO2/c1-9(8-13)7-12-10(2)6-11-4-3-5-14-11/h3-5,9-10,12-13H,6-8H2,1-2H3. The first-order chi connectivity index (χ1) is 6.72. The SMILES string of the molecule is CC(CO)CNC(C)Cc1ccco1. The quantitative estimate of drug-likeness (QED) is 0.725. The minimum Gasteiger partial charge on any atom is -0.469 e. The Morgan fingerprint density at radius 1 is 1.50 bits per heavy atom. The molecule has 0 aliphatic carbocycles. The minimum absolute atomic E-state index is 0.237. The summed E-state index contributed by atoms with van der Waals surface area (Å²) in [6.45, 7) is 5.22. The lowest BCUT2D eigenvalue weighted by Gasteiger charge is -2.15. The van der Waals surface area contributed by atoms with Crippen molar-refractivity contribution in [1.29, 1.82) is 0 Å². The van der Waals surface area contributed by atoms with Crippen LogP contribution in [0.5, 0.6) is 0 Å². The van der Waals surface area contributed by atoms with Crippen molar-refractivity contribution in [2.45, 2.75) is 26.3 Å². The molecule has 3 nitrogen and oxygen atoms in total. The fraction of sp³-hybridized carbons (Fsp3) is 0.636. The van der Waals surface area contributed by atoms with Gasteiger partial charge in [-0.3, -0.25) is 0 Å². The van der Waals surface area contributed by atoms with Crippen LogP contribution in [0.15, 0.2) is 22.8 Å². The van der Waals surface area contributed by atoms with Crippen molar-refractivity contribution in [2.75, 3.05) is 13.2 Å². The Morgan fingerprint density at radius 3 is 2.86 bits per heavy atom. The smallest absolute Gasteiger partial charge is 0.105 e. The lowest BCUT2D eigenvalue weighted by atomic mass is 10.1. The average Bonchev–Trinajstić information content (AvgIpc) is 2.66. The van der Waals surface area contributed by atoms with Gasteiger partial charge < -0.3 is 14.8 Å². The predicted octanol–water partition coefficient (Wildman–Crippen LogP) is 1.43. The van der Waals surface area contributed by atoms with Gasteiger partial charge in [0, 0.05) is 25.6 Å². The number of hydrogen-bond acceptors (Lipinski definition) is 3. The fourth-order valence-corrected chi connectivity index (χ4v) is 1.27. The molecule has 1 rings (SSSR count). The van der Waals surface area contributed by atoms with Crippen LogP contribution in [0.1, 0.15) is 19.6 Å². The van der Waals surface area contributed by atoms with E-state index in [1.807, 2.05) is 19.1 Å². The number of aliphatic hydroxyl groups is 1. The maximum absolute atomic E-state index is 8.85. The Balaban J connectivity index is 2.19. The molecule has 14 heavy (non-hydrogen) atoms. The van der Waals surface area contributed by atoms with Crippen LogP contribution in [-0.2, 0) is 6.42 Å². The van der Waals surface area contributed by atoms with Gasteiger partial charge in [-0.2, -0.15) is 0 Å². The van der Waals surface area contributed by atoms with Gasteiger partial charge in [0.1, 0.15) is 5.76 Å². The van der Waals surface area contributed by atoms with Gasteiger partial charge in [0.15, 0.2) is 0 Å². The Labute approximate surface area is 85.1 Å². The van der Waals surface area contributed by atoms with Crippen LogP contribution in [-0.4, -0.2) is 24.3 Å². The number of aliphatic hydroxyl groups excluding tert-OH is 1. The molecule has 0 radical (unpaired) electrons. The summed E-state index contributed by atoms with van der Waals surface area (Å²) in [5.74, 6) is 1.32. The summed E-state index contributed by atoms with van der Waals surface area (Å²) in [5.41, 5.74) is 0. The molecule has 0 aromatic carbocycles. The van der Waals surface area contributed by atoms with Gasteiger partial charge in [-0.1, -0.05) is 6.92 Å². The van der Waals surface area contributed by atoms with E-state index in [4.69, 9.17) is 9.52 Å². The summed E-state index contributed by atoms with van der Waals surface area (Å²) in [7, 11) is 0. The van der Waals surface area contributed by atoms with E-state index >= 15 is 0 Å². The zero-order valence-corrected chi connectivity index (χ0v) is 8.86. The topological polar surface area (TPSA) is 45.4 Å². The molecular weight excluding hydrogens is 178 g/mol.